The normalized spacial score (nSPS) is 12.7. The van der Waals surface area contributed by atoms with Crippen LogP contribution in [0.4, 0.5) is 0 Å². The molecule has 0 saturated carbocycles. The predicted octanol–water partition coefficient (Wildman–Crippen LogP) is 3.16. The zero-order valence-electron chi connectivity index (χ0n) is 10.6. The standard InChI is InChI=1S/C15H15N3S/c1-10-17-14(9-19-10)15(18-16)13-8-4-6-11-5-2-3-7-12(11)13/h2-9,15,18H,16H2,1H3. The quantitative estimate of drug-likeness (QED) is 0.567. The lowest BCUT2D eigenvalue weighted by Gasteiger charge is -2.16. The Morgan fingerprint density at radius 3 is 2.68 bits per heavy atom. The number of nitrogens with one attached hydrogen (secondary N) is 1. The Balaban J connectivity index is 2.16. The molecular formula is C15H15N3S. The van der Waals surface area contributed by atoms with Crippen molar-refractivity contribution in [1.82, 2.24) is 10.4 Å². The molecule has 3 rings (SSSR count). The van der Waals surface area contributed by atoms with E-state index in [9.17, 15) is 0 Å². The molecule has 96 valence electrons. The second kappa shape index (κ2) is 5.09. The van der Waals surface area contributed by atoms with E-state index in [0.29, 0.717) is 0 Å². The van der Waals surface area contributed by atoms with Crippen LogP contribution < -0.4 is 11.3 Å². The summed E-state index contributed by atoms with van der Waals surface area (Å²) in [5, 5.41) is 5.53. The van der Waals surface area contributed by atoms with Crippen molar-refractivity contribution in [1.29, 1.82) is 0 Å². The first-order valence-corrected chi connectivity index (χ1v) is 7.03. The minimum atomic E-state index is -0.0731. The fourth-order valence-corrected chi connectivity index (χ4v) is 2.99. The first-order valence-electron chi connectivity index (χ1n) is 6.15. The van der Waals surface area contributed by atoms with Crippen LogP contribution in [0.5, 0.6) is 0 Å². The molecule has 0 bridgehead atoms. The molecule has 0 aliphatic rings. The van der Waals surface area contributed by atoms with Crippen molar-refractivity contribution in [2.24, 2.45) is 5.84 Å². The summed E-state index contributed by atoms with van der Waals surface area (Å²) in [7, 11) is 0. The Morgan fingerprint density at radius 2 is 1.95 bits per heavy atom. The monoisotopic (exact) mass is 269 g/mol. The van der Waals surface area contributed by atoms with E-state index in [4.69, 9.17) is 5.84 Å². The zero-order valence-corrected chi connectivity index (χ0v) is 11.4. The molecule has 19 heavy (non-hydrogen) atoms. The Labute approximate surface area is 116 Å². The molecule has 0 radical (unpaired) electrons. The van der Waals surface area contributed by atoms with Gasteiger partial charge in [-0.2, -0.15) is 0 Å². The van der Waals surface area contributed by atoms with Crippen molar-refractivity contribution in [3.63, 3.8) is 0 Å². The SMILES string of the molecule is Cc1nc(C(NN)c2cccc3ccccc23)cs1. The highest BCUT2D eigenvalue weighted by molar-refractivity contribution is 7.09. The molecule has 2 aromatic carbocycles. The second-order valence-corrected chi connectivity index (χ2v) is 5.52. The highest BCUT2D eigenvalue weighted by Crippen LogP contribution is 2.28. The minimum absolute atomic E-state index is 0.0731. The number of nitrogens with zero attached hydrogens (tertiary/aromatic N) is 1. The Hall–Kier alpha value is -1.75. The van der Waals surface area contributed by atoms with Crippen LogP contribution in [-0.4, -0.2) is 4.98 Å². The number of aromatic nitrogens is 1. The third kappa shape index (κ3) is 2.26. The van der Waals surface area contributed by atoms with Crippen LogP contribution in [-0.2, 0) is 0 Å². The summed E-state index contributed by atoms with van der Waals surface area (Å²) in [6.45, 7) is 2.00. The third-order valence-corrected chi connectivity index (χ3v) is 4.03. The molecule has 1 heterocycles. The number of rotatable bonds is 3. The maximum Gasteiger partial charge on any atom is 0.0898 e. The van der Waals surface area contributed by atoms with Crippen molar-refractivity contribution in [2.45, 2.75) is 13.0 Å². The van der Waals surface area contributed by atoms with Crippen LogP contribution in [0, 0.1) is 6.92 Å². The number of hydrogen-bond acceptors (Lipinski definition) is 4. The number of fused-ring (bicyclic) bond motifs is 1. The third-order valence-electron chi connectivity index (χ3n) is 3.23. The molecule has 1 unspecified atom stereocenters. The number of nitrogens with two attached hydrogens (primary N) is 1. The van der Waals surface area contributed by atoms with Crippen molar-refractivity contribution < 1.29 is 0 Å². The van der Waals surface area contributed by atoms with Gasteiger partial charge in [-0.3, -0.25) is 5.84 Å². The minimum Gasteiger partial charge on any atom is -0.271 e. The number of thiazole rings is 1. The highest BCUT2D eigenvalue weighted by atomic mass is 32.1. The maximum absolute atomic E-state index is 5.75. The molecule has 3 nitrogen and oxygen atoms in total. The van der Waals surface area contributed by atoms with E-state index in [2.05, 4.69) is 46.1 Å². The number of benzene rings is 2. The fraction of sp³-hybridized carbons (Fsp3) is 0.133. The summed E-state index contributed by atoms with van der Waals surface area (Å²) in [5.41, 5.74) is 5.02. The Kier molecular flexibility index (Phi) is 3.29. The molecule has 3 N–H and O–H groups in total. The molecule has 0 amide bonds. The van der Waals surface area contributed by atoms with Gasteiger partial charge in [-0.05, 0) is 23.3 Å². The Morgan fingerprint density at radius 1 is 1.16 bits per heavy atom. The summed E-state index contributed by atoms with van der Waals surface area (Å²) in [5.74, 6) is 5.75. The summed E-state index contributed by atoms with van der Waals surface area (Å²) in [6.07, 6.45) is 0. The van der Waals surface area contributed by atoms with Crippen LogP contribution in [0.25, 0.3) is 10.8 Å². The Bertz CT molecular complexity index is 700. The lowest BCUT2D eigenvalue weighted by atomic mass is 9.97. The molecule has 0 fully saturated rings. The summed E-state index contributed by atoms with van der Waals surface area (Å²) in [4.78, 5) is 4.54. The van der Waals surface area contributed by atoms with Crippen LogP contribution in [0.15, 0.2) is 47.8 Å². The maximum atomic E-state index is 5.75. The molecule has 4 heteroatoms. The zero-order chi connectivity index (χ0) is 13.2. The molecule has 1 aromatic heterocycles. The molecule has 0 aliphatic heterocycles. The van der Waals surface area contributed by atoms with E-state index in [1.165, 1.54) is 10.8 Å². The van der Waals surface area contributed by atoms with Gasteiger partial charge >= 0.3 is 0 Å². The largest absolute Gasteiger partial charge is 0.271 e. The first kappa shape index (κ1) is 12.3. The summed E-state index contributed by atoms with van der Waals surface area (Å²) in [6, 6.07) is 14.5. The van der Waals surface area contributed by atoms with Crippen molar-refractivity contribution >= 4 is 22.1 Å². The van der Waals surface area contributed by atoms with E-state index in [1.54, 1.807) is 11.3 Å². The highest BCUT2D eigenvalue weighted by Gasteiger charge is 2.17. The van der Waals surface area contributed by atoms with Gasteiger partial charge < -0.3 is 0 Å². The van der Waals surface area contributed by atoms with Gasteiger partial charge in [0, 0.05) is 5.38 Å². The van der Waals surface area contributed by atoms with E-state index >= 15 is 0 Å². The molecule has 0 saturated heterocycles. The van der Waals surface area contributed by atoms with E-state index in [1.807, 2.05) is 19.1 Å². The molecule has 3 aromatic rings. The molecule has 0 aliphatic carbocycles. The number of hydrazine groups is 1. The van der Waals surface area contributed by atoms with Crippen molar-refractivity contribution in [3.8, 4) is 0 Å². The van der Waals surface area contributed by atoms with Gasteiger partial charge in [0.25, 0.3) is 0 Å². The fourth-order valence-electron chi connectivity index (χ4n) is 2.35. The topological polar surface area (TPSA) is 50.9 Å². The van der Waals surface area contributed by atoms with Gasteiger partial charge in [0.05, 0.1) is 16.7 Å². The molecule has 0 spiro atoms. The van der Waals surface area contributed by atoms with Crippen molar-refractivity contribution in [3.05, 3.63) is 64.1 Å². The average Bonchev–Trinajstić information content (AvgIpc) is 2.86. The van der Waals surface area contributed by atoms with Crippen LogP contribution in [0.2, 0.25) is 0 Å². The second-order valence-electron chi connectivity index (χ2n) is 4.46. The van der Waals surface area contributed by atoms with Gasteiger partial charge in [-0.15, -0.1) is 11.3 Å². The predicted molar refractivity (Wildman–Crippen MR) is 80.0 cm³/mol. The summed E-state index contributed by atoms with van der Waals surface area (Å²) >= 11 is 1.64. The average molecular weight is 269 g/mol. The summed E-state index contributed by atoms with van der Waals surface area (Å²) < 4.78 is 0. The number of hydrogen-bond donors (Lipinski definition) is 2. The smallest absolute Gasteiger partial charge is 0.0898 e. The molecule has 1 atom stereocenters. The van der Waals surface area contributed by atoms with E-state index in [-0.39, 0.29) is 6.04 Å². The lowest BCUT2D eigenvalue weighted by Crippen LogP contribution is -2.29. The van der Waals surface area contributed by atoms with Gasteiger partial charge in [-0.1, -0.05) is 42.5 Å². The van der Waals surface area contributed by atoms with E-state index in [0.717, 1.165) is 16.3 Å². The van der Waals surface area contributed by atoms with Gasteiger partial charge in [0.2, 0.25) is 0 Å². The van der Waals surface area contributed by atoms with Crippen LogP contribution >= 0.6 is 11.3 Å². The number of aryl methyl sites for hydroxylation is 1. The van der Waals surface area contributed by atoms with Crippen LogP contribution in [0.3, 0.4) is 0 Å². The van der Waals surface area contributed by atoms with Gasteiger partial charge in [0.15, 0.2) is 0 Å². The van der Waals surface area contributed by atoms with E-state index < -0.39 is 0 Å². The molecular weight excluding hydrogens is 254 g/mol. The first-order chi connectivity index (χ1) is 9.29. The van der Waals surface area contributed by atoms with Gasteiger partial charge in [-0.25, -0.2) is 10.4 Å². The van der Waals surface area contributed by atoms with Crippen molar-refractivity contribution in [2.75, 3.05) is 0 Å². The van der Waals surface area contributed by atoms with Gasteiger partial charge in [0.1, 0.15) is 0 Å². The lowest BCUT2D eigenvalue weighted by molar-refractivity contribution is 0.627. The van der Waals surface area contributed by atoms with Crippen LogP contribution in [0.1, 0.15) is 22.3 Å².